The van der Waals surface area contributed by atoms with Crippen LogP contribution in [0.25, 0.3) is 0 Å². The van der Waals surface area contributed by atoms with Gasteiger partial charge < -0.3 is 10.2 Å². The van der Waals surface area contributed by atoms with Crippen molar-refractivity contribution in [3.63, 3.8) is 0 Å². The van der Waals surface area contributed by atoms with E-state index in [2.05, 4.69) is 5.32 Å². The van der Waals surface area contributed by atoms with Gasteiger partial charge in [0.2, 0.25) is 21.8 Å². The van der Waals surface area contributed by atoms with E-state index in [1.807, 2.05) is 37.3 Å². The molecule has 29 heavy (non-hydrogen) atoms. The third-order valence-electron chi connectivity index (χ3n) is 4.89. The van der Waals surface area contributed by atoms with Crippen molar-refractivity contribution in [3.8, 4) is 0 Å². The van der Waals surface area contributed by atoms with E-state index in [1.165, 1.54) is 4.31 Å². The standard InChI is InChI=1S/C21H25N3O4S/c1-17-7-9-19(10-8-17)29(27,28)24-13-11-23(12-14-24)21(26)16-22-20(25)15-18-5-3-2-4-6-18/h2-10H,11-16H2,1H3,(H,22,25). The summed E-state index contributed by atoms with van der Waals surface area (Å²) in [5, 5.41) is 2.64. The SMILES string of the molecule is Cc1ccc(S(=O)(=O)N2CCN(C(=O)CNC(=O)Cc3ccccc3)CC2)cc1. The second kappa shape index (κ2) is 9.19. The van der Waals surface area contributed by atoms with Gasteiger partial charge in [-0.25, -0.2) is 8.42 Å². The van der Waals surface area contributed by atoms with Crippen LogP contribution < -0.4 is 5.32 Å². The quantitative estimate of drug-likeness (QED) is 0.768. The van der Waals surface area contributed by atoms with E-state index in [0.29, 0.717) is 13.1 Å². The number of hydrogen-bond donors (Lipinski definition) is 1. The Morgan fingerprint density at radius 2 is 1.55 bits per heavy atom. The minimum Gasteiger partial charge on any atom is -0.347 e. The lowest BCUT2D eigenvalue weighted by Gasteiger charge is -2.34. The Kier molecular flexibility index (Phi) is 6.66. The van der Waals surface area contributed by atoms with Gasteiger partial charge in [-0.1, -0.05) is 48.0 Å². The molecule has 7 nitrogen and oxygen atoms in total. The number of benzene rings is 2. The first-order valence-electron chi connectivity index (χ1n) is 9.51. The Balaban J connectivity index is 1.48. The Morgan fingerprint density at radius 1 is 0.931 bits per heavy atom. The molecule has 3 rings (SSSR count). The summed E-state index contributed by atoms with van der Waals surface area (Å²) in [5.41, 5.74) is 1.88. The van der Waals surface area contributed by atoms with E-state index in [-0.39, 0.29) is 42.8 Å². The van der Waals surface area contributed by atoms with Gasteiger partial charge in [0.1, 0.15) is 0 Å². The van der Waals surface area contributed by atoms with E-state index in [0.717, 1.165) is 11.1 Å². The van der Waals surface area contributed by atoms with Gasteiger partial charge in [-0.15, -0.1) is 0 Å². The number of nitrogens with one attached hydrogen (secondary N) is 1. The number of hydrogen-bond acceptors (Lipinski definition) is 4. The third kappa shape index (κ3) is 5.42. The molecule has 0 bridgehead atoms. The highest BCUT2D eigenvalue weighted by molar-refractivity contribution is 7.89. The van der Waals surface area contributed by atoms with Crippen LogP contribution in [0, 0.1) is 6.92 Å². The summed E-state index contributed by atoms with van der Waals surface area (Å²) in [6, 6.07) is 16.0. The molecule has 0 atom stereocenters. The molecular formula is C21H25N3O4S. The molecule has 0 spiro atoms. The first-order chi connectivity index (χ1) is 13.9. The lowest BCUT2D eigenvalue weighted by Crippen LogP contribution is -2.52. The van der Waals surface area contributed by atoms with Crippen LogP contribution in [0.4, 0.5) is 0 Å². The molecule has 0 unspecified atom stereocenters. The second-order valence-corrected chi connectivity index (χ2v) is 8.97. The Labute approximate surface area is 171 Å². The van der Waals surface area contributed by atoms with E-state index < -0.39 is 10.0 Å². The van der Waals surface area contributed by atoms with Crippen LogP contribution in [0.1, 0.15) is 11.1 Å². The highest BCUT2D eigenvalue weighted by atomic mass is 32.2. The normalized spacial score (nSPS) is 15.1. The number of carbonyl (C=O) groups is 2. The maximum absolute atomic E-state index is 12.7. The third-order valence-corrected chi connectivity index (χ3v) is 6.81. The van der Waals surface area contributed by atoms with Crippen LogP contribution >= 0.6 is 0 Å². The molecule has 1 N–H and O–H groups in total. The first kappa shape index (κ1) is 21.0. The summed E-state index contributed by atoms with van der Waals surface area (Å²) in [6.45, 7) is 2.90. The fourth-order valence-electron chi connectivity index (χ4n) is 3.17. The highest BCUT2D eigenvalue weighted by Crippen LogP contribution is 2.18. The molecule has 2 aromatic carbocycles. The molecule has 2 amide bonds. The minimum atomic E-state index is -3.56. The fraction of sp³-hybridized carbons (Fsp3) is 0.333. The monoisotopic (exact) mass is 415 g/mol. The van der Waals surface area contributed by atoms with Crippen molar-refractivity contribution in [1.82, 2.24) is 14.5 Å². The van der Waals surface area contributed by atoms with Crippen LogP contribution in [-0.2, 0) is 26.0 Å². The molecule has 1 fully saturated rings. The van der Waals surface area contributed by atoms with E-state index in [9.17, 15) is 18.0 Å². The van der Waals surface area contributed by atoms with E-state index in [4.69, 9.17) is 0 Å². The summed E-state index contributed by atoms with van der Waals surface area (Å²) >= 11 is 0. The highest BCUT2D eigenvalue weighted by Gasteiger charge is 2.30. The summed E-state index contributed by atoms with van der Waals surface area (Å²) in [5.74, 6) is -0.427. The van der Waals surface area contributed by atoms with Crippen molar-refractivity contribution in [2.45, 2.75) is 18.2 Å². The average molecular weight is 416 g/mol. The minimum absolute atomic E-state index is 0.0869. The van der Waals surface area contributed by atoms with Gasteiger partial charge in [-0.05, 0) is 24.6 Å². The molecular weight excluding hydrogens is 390 g/mol. The lowest BCUT2D eigenvalue weighted by molar-refractivity contribution is -0.133. The van der Waals surface area contributed by atoms with Gasteiger partial charge in [-0.3, -0.25) is 9.59 Å². The van der Waals surface area contributed by atoms with Crippen molar-refractivity contribution in [3.05, 3.63) is 65.7 Å². The first-order valence-corrected chi connectivity index (χ1v) is 11.0. The zero-order valence-corrected chi connectivity index (χ0v) is 17.2. The van der Waals surface area contributed by atoms with Gasteiger partial charge in [-0.2, -0.15) is 4.31 Å². The molecule has 1 saturated heterocycles. The predicted molar refractivity (Wildman–Crippen MR) is 110 cm³/mol. The van der Waals surface area contributed by atoms with E-state index >= 15 is 0 Å². The molecule has 154 valence electrons. The molecule has 1 aliphatic heterocycles. The number of piperazine rings is 1. The number of sulfonamides is 1. The topological polar surface area (TPSA) is 86.8 Å². The molecule has 0 saturated carbocycles. The predicted octanol–water partition coefficient (Wildman–Crippen LogP) is 1.19. The summed E-state index contributed by atoms with van der Waals surface area (Å²) in [6.07, 6.45) is 0.219. The van der Waals surface area contributed by atoms with Crippen molar-refractivity contribution in [2.75, 3.05) is 32.7 Å². The average Bonchev–Trinajstić information content (AvgIpc) is 2.73. The molecule has 0 aliphatic carbocycles. The van der Waals surface area contributed by atoms with Crippen LogP contribution in [0.5, 0.6) is 0 Å². The van der Waals surface area contributed by atoms with Crippen LogP contribution in [-0.4, -0.2) is 62.2 Å². The van der Waals surface area contributed by atoms with Gasteiger partial charge >= 0.3 is 0 Å². The van der Waals surface area contributed by atoms with Gasteiger partial charge in [0.15, 0.2) is 0 Å². The van der Waals surface area contributed by atoms with E-state index in [1.54, 1.807) is 29.2 Å². The second-order valence-electron chi connectivity index (χ2n) is 7.04. The smallest absolute Gasteiger partial charge is 0.243 e. The van der Waals surface area contributed by atoms with Gasteiger partial charge in [0.25, 0.3) is 0 Å². The largest absolute Gasteiger partial charge is 0.347 e. The maximum atomic E-state index is 12.7. The number of amides is 2. The van der Waals surface area contributed by atoms with Gasteiger partial charge in [0.05, 0.1) is 17.9 Å². The number of rotatable bonds is 6. The molecule has 1 aliphatic rings. The van der Waals surface area contributed by atoms with Gasteiger partial charge in [0, 0.05) is 26.2 Å². The molecule has 2 aromatic rings. The zero-order valence-electron chi connectivity index (χ0n) is 16.4. The Hall–Kier alpha value is -2.71. The molecule has 1 heterocycles. The number of aryl methyl sites for hydroxylation is 1. The zero-order chi connectivity index (χ0) is 20.9. The Morgan fingerprint density at radius 3 is 2.17 bits per heavy atom. The molecule has 8 heteroatoms. The van der Waals surface area contributed by atoms with Crippen LogP contribution in [0.2, 0.25) is 0 Å². The maximum Gasteiger partial charge on any atom is 0.243 e. The number of carbonyl (C=O) groups excluding carboxylic acids is 2. The number of nitrogens with zero attached hydrogens (tertiary/aromatic N) is 2. The van der Waals surface area contributed by atoms with Crippen molar-refractivity contribution >= 4 is 21.8 Å². The van der Waals surface area contributed by atoms with Crippen molar-refractivity contribution in [2.24, 2.45) is 0 Å². The Bertz CT molecular complexity index is 951. The van der Waals surface area contributed by atoms with Crippen LogP contribution in [0.15, 0.2) is 59.5 Å². The summed E-state index contributed by atoms with van der Waals surface area (Å²) < 4.78 is 26.9. The van der Waals surface area contributed by atoms with Crippen molar-refractivity contribution in [1.29, 1.82) is 0 Å². The molecule has 0 radical (unpaired) electrons. The van der Waals surface area contributed by atoms with Crippen LogP contribution in [0.3, 0.4) is 0 Å². The fourth-order valence-corrected chi connectivity index (χ4v) is 4.59. The lowest BCUT2D eigenvalue weighted by atomic mass is 10.1. The summed E-state index contributed by atoms with van der Waals surface area (Å²) in [7, 11) is -3.56. The summed E-state index contributed by atoms with van der Waals surface area (Å²) in [4.78, 5) is 26.2. The van der Waals surface area contributed by atoms with Crippen molar-refractivity contribution < 1.29 is 18.0 Å². The molecule has 0 aromatic heterocycles.